The molecule has 1 N–H and O–H groups in total. The topological polar surface area (TPSA) is 49.4 Å². The molecule has 138 valence electrons. The summed E-state index contributed by atoms with van der Waals surface area (Å²) in [6, 6.07) is 12.7. The van der Waals surface area contributed by atoms with Crippen molar-refractivity contribution >= 4 is 51.8 Å². The molecule has 2 rings (SSSR count). The van der Waals surface area contributed by atoms with Crippen molar-refractivity contribution in [2.45, 2.75) is 24.2 Å². The lowest BCUT2D eigenvalue weighted by Crippen LogP contribution is -2.16. The summed E-state index contributed by atoms with van der Waals surface area (Å²) in [6.45, 7) is 0. The highest BCUT2D eigenvalue weighted by molar-refractivity contribution is 8.13. The molecule has 0 saturated carbocycles. The fourth-order valence-electron chi connectivity index (χ4n) is 2.17. The lowest BCUT2D eigenvalue weighted by atomic mass is 10.1. The largest absolute Gasteiger partial charge is 0.339 e. The molecule has 0 aliphatic rings. The number of carbonyl (C=O) groups excluding carboxylic acids is 2. The average molecular weight is 411 g/mol. The normalized spacial score (nSPS) is 10.5. The van der Waals surface area contributed by atoms with Crippen molar-refractivity contribution < 1.29 is 9.59 Å². The second-order valence-electron chi connectivity index (χ2n) is 5.94. The number of hydrogen-bond acceptors (Lipinski definition) is 3. The van der Waals surface area contributed by atoms with Crippen molar-refractivity contribution in [3.63, 3.8) is 0 Å². The summed E-state index contributed by atoms with van der Waals surface area (Å²) >= 11 is 13.0. The molecule has 0 heterocycles. The van der Waals surface area contributed by atoms with Crippen molar-refractivity contribution in [2.75, 3.05) is 19.4 Å². The van der Waals surface area contributed by atoms with Crippen LogP contribution < -0.4 is 5.32 Å². The second kappa shape index (κ2) is 9.86. The predicted molar refractivity (Wildman–Crippen MR) is 109 cm³/mol. The molecule has 0 aliphatic heterocycles. The number of nitrogens with zero attached hydrogens (tertiary/aromatic N) is 1. The fourth-order valence-corrected chi connectivity index (χ4v) is 3.15. The van der Waals surface area contributed by atoms with Crippen LogP contribution in [-0.2, 0) is 11.2 Å². The van der Waals surface area contributed by atoms with Crippen molar-refractivity contribution in [3.8, 4) is 0 Å². The molecule has 0 unspecified atom stereocenters. The molecule has 0 fully saturated rings. The van der Waals surface area contributed by atoms with Crippen molar-refractivity contribution in [1.29, 1.82) is 0 Å². The number of aryl methyl sites for hydroxylation is 1. The molecule has 0 aromatic heterocycles. The Bertz CT molecular complexity index is 780. The zero-order valence-corrected chi connectivity index (χ0v) is 16.9. The number of nitrogens with one attached hydrogen (secondary N) is 1. The Morgan fingerprint density at radius 2 is 1.73 bits per heavy atom. The Balaban J connectivity index is 1.78. The van der Waals surface area contributed by atoms with Crippen LogP contribution in [0.25, 0.3) is 0 Å². The van der Waals surface area contributed by atoms with Crippen LogP contribution in [0.3, 0.4) is 0 Å². The maximum atomic E-state index is 12.1. The Kier molecular flexibility index (Phi) is 7.82. The smallest absolute Gasteiger partial charge is 0.285 e. The zero-order chi connectivity index (χ0) is 19.1. The fraction of sp³-hybridized carbons (Fsp3) is 0.263. The minimum atomic E-state index is -0.0465. The number of rotatable bonds is 6. The van der Waals surface area contributed by atoms with Crippen LogP contribution >= 0.6 is 35.0 Å². The number of benzene rings is 2. The van der Waals surface area contributed by atoms with Crippen LogP contribution in [0.15, 0.2) is 47.4 Å². The molecule has 0 radical (unpaired) electrons. The van der Waals surface area contributed by atoms with Gasteiger partial charge in [0, 0.05) is 31.1 Å². The molecular formula is C19H20Cl2N2O2S. The molecule has 4 nitrogen and oxygen atoms in total. The van der Waals surface area contributed by atoms with E-state index in [0.717, 1.165) is 35.1 Å². The van der Waals surface area contributed by atoms with Crippen LogP contribution in [-0.4, -0.2) is 30.1 Å². The van der Waals surface area contributed by atoms with Crippen molar-refractivity contribution in [1.82, 2.24) is 4.90 Å². The van der Waals surface area contributed by atoms with E-state index in [1.54, 1.807) is 32.3 Å². The van der Waals surface area contributed by atoms with Gasteiger partial charge in [-0.2, -0.15) is 0 Å². The van der Waals surface area contributed by atoms with E-state index in [-0.39, 0.29) is 11.1 Å². The molecular weight excluding hydrogens is 391 g/mol. The third kappa shape index (κ3) is 6.56. The van der Waals surface area contributed by atoms with Gasteiger partial charge in [0.05, 0.1) is 10.0 Å². The summed E-state index contributed by atoms with van der Waals surface area (Å²) in [6.07, 6.45) is 1.89. The molecule has 0 atom stereocenters. The van der Waals surface area contributed by atoms with Crippen LogP contribution in [0.1, 0.15) is 18.4 Å². The van der Waals surface area contributed by atoms with E-state index in [1.165, 1.54) is 4.90 Å². The molecule has 2 amide bonds. The first kappa shape index (κ1) is 20.6. The van der Waals surface area contributed by atoms with Gasteiger partial charge in [0.15, 0.2) is 0 Å². The van der Waals surface area contributed by atoms with E-state index < -0.39 is 0 Å². The van der Waals surface area contributed by atoms with Gasteiger partial charge in [-0.05, 0) is 66.6 Å². The van der Waals surface area contributed by atoms with Gasteiger partial charge in [0.2, 0.25) is 5.91 Å². The third-order valence-corrected chi connectivity index (χ3v) is 5.35. The lowest BCUT2D eigenvalue weighted by Gasteiger charge is -2.10. The van der Waals surface area contributed by atoms with Gasteiger partial charge in [-0.1, -0.05) is 29.3 Å². The zero-order valence-electron chi connectivity index (χ0n) is 14.6. The van der Waals surface area contributed by atoms with Gasteiger partial charge in [0.1, 0.15) is 0 Å². The first-order chi connectivity index (χ1) is 12.3. The van der Waals surface area contributed by atoms with Gasteiger partial charge in [-0.15, -0.1) is 0 Å². The molecule has 0 bridgehead atoms. The summed E-state index contributed by atoms with van der Waals surface area (Å²) < 4.78 is 0. The number of amides is 2. The first-order valence-electron chi connectivity index (χ1n) is 8.08. The molecule has 0 aliphatic carbocycles. The minimum Gasteiger partial charge on any atom is -0.339 e. The van der Waals surface area contributed by atoms with Crippen LogP contribution in [0.4, 0.5) is 10.5 Å². The number of thioether (sulfide) groups is 1. The van der Waals surface area contributed by atoms with Crippen LogP contribution in [0.5, 0.6) is 0 Å². The summed E-state index contributed by atoms with van der Waals surface area (Å²) in [5.41, 5.74) is 1.77. The summed E-state index contributed by atoms with van der Waals surface area (Å²) in [7, 11) is 3.42. The highest BCUT2D eigenvalue weighted by atomic mass is 35.5. The van der Waals surface area contributed by atoms with Gasteiger partial charge in [-0.3, -0.25) is 9.59 Å². The highest BCUT2D eigenvalue weighted by Gasteiger charge is 2.08. The van der Waals surface area contributed by atoms with Gasteiger partial charge >= 0.3 is 0 Å². The van der Waals surface area contributed by atoms with E-state index in [2.05, 4.69) is 5.32 Å². The number of halogens is 2. The SMILES string of the molecule is CN(C)C(=O)Sc1ccc(NC(=O)CCCc2ccc(Cl)c(Cl)c2)cc1. The van der Waals surface area contributed by atoms with E-state index in [4.69, 9.17) is 23.2 Å². The van der Waals surface area contributed by atoms with E-state index >= 15 is 0 Å². The van der Waals surface area contributed by atoms with Gasteiger partial charge < -0.3 is 10.2 Å². The number of carbonyl (C=O) groups is 2. The first-order valence-corrected chi connectivity index (χ1v) is 9.65. The number of anilines is 1. The standard InChI is InChI=1S/C19H20Cl2N2O2S/c1-23(2)19(25)26-15-9-7-14(8-10-15)22-18(24)5-3-4-13-6-11-16(20)17(21)12-13/h6-12H,3-5H2,1-2H3,(H,22,24). The average Bonchev–Trinajstić information content (AvgIpc) is 2.59. The van der Waals surface area contributed by atoms with Gasteiger partial charge in [0.25, 0.3) is 5.24 Å². The molecule has 26 heavy (non-hydrogen) atoms. The van der Waals surface area contributed by atoms with E-state index in [1.807, 2.05) is 24.3 Å². The maximum absolute atomic E-state index is 12.1. The summed E-state index contributed by atoms with van der Waals surface area (Å²) in [4.78, 5) is 26.1. The predicted octanol–water partition coefficient (Wildman–Crippen LogP) is 5.73. The molecule has 7 heteroatoms. The Labute approximate surface area is 167 Å². The Hall–Kier alpha value is -1.69. The second-order valence-corrected chi connectivity index (χ2v) is 7.78. The third-order valence-electron chi connectivity index (χ3n) is 3.56. The quantitative estimate of drug-likeness (QED) is 0.618. The molecule has 0 spiro atoms. The van der Waals surface area contributed by atoms with Crippen LogP contribution in [0.2, 0.25) is 10.0 Å². The Morgan fingerprint density at radius 3 is 2.35 bits per heavy atom. The summed E-state index contributed by atoms with van der Waals surface area (Å²) in [5, 5.41) is 3.88. The van der Waals surface area contributed by atoms with Crippen LogP contribution in [0, 0.1) is 0 Å². The number of hydrogen-bond donors (Lipinski definition) is 1. The molecule has 2 aromatic rings. The lowest BCUT2D eigenvalue weighted by molar-refractivity contribution is -0.116. The monoisotopic (exact) mass is 410 g/mol. The minimum absolute atomic E-state index is 0.0379. The molecule has 2 aromatic carbocycles. The van der Waals surface area contributed by atoms with E-state index in [9.17, 15) is 9.59 Å². The van der Waals surface area contributed by atoms with E-state index in [0.29, 0.717) is 22.2 Å². The molecule has 0 saturated heterocycles. The maximum Gasteiger partial charge on any atom is 0.285 e. The summed E-state index contributed by atoms with van der Waals surface area (Å²) in [5.74, 6) is -0.0465. The van der Waals surface area contributed by atoms with Crippen molar-refractivity contribution in [2.24, 2.45) is 0 Å². The van der Waals surface area contributed by atoms with Gasteiger partial charge in [-0.25, -0.2) is 0 Å². The Morgan fingerprint density at radius 1 is 1.04 bits per heavy atom. The van der Waals surface area contributed by atoms with Crippen molar-refractivity contribution in [3.05, 3.63) is 58.1 Å². The highest BCUT2D eigenvalue weighted by Crippen LogP contribution is 2.24.